The first-order valence-corrected chi connectivity index (χ1v) is 8.15. The molecule has 1 atom stereocenters. The summed E-state index contributed by atoms with van der Waals surface area (Å²) in [7, 11) is 3.28. The molecule has 24 heavy (non-hydrogen) atoms. The molecular formula is C18H25N3O3. The van der Waals surface area contributed by atoms with Crippen molar-refractivity contribution in [1.82, 2.24) is 4.98 Å². The summed E-state index contributed by atoms with van der Waals surface area (Å²) < 4.78 is 10.8. The van der Waals surface area contributed by atoms with Crippen LogP contribution >= 0.6 is 0 Å². The molecule has 1 N–H and O–H groups in total. The third-order valence-corrected chi connectivity index (χ3v) is 4.19. The first kappa shape index (κ1) is 18.1. The highest BCUT2D eigenvalue weighted by Gasteiger charge is 2.24. The van der Waals surface area contributed by atoms with E-state index in [4.69, 9.17) is 9.47 Å². The molecule has 0 aromatic carbocycles. The number of hydrogen-bond donors (Lipinski definition) is 1. The van der Waals surface area contributed by atoms with Crippen molar-refractivity contribution in [1.29, 1.82) is 0 Å². The number of carbonyl (C=O) groups excluding carboxylic acids is 1. The molecule has 0 spiro atoms. The van der Waals surface area contributed by atoms with Crippen LogP contribution in [0.15, 0.2) is 29.9 Å². The molecule has 1 saturated heterocycles. The summed E-state index contributed by atoms with van der Waals surface area (Å²) in [4.78, 5) is 20.7. The highest BCUT2D eigenvalue weighted by atomic mass is 16.5. The lowest BCUT2D eigenvalue weighted by Crippen LogP contribution is -2.33. The second kappa shape index (κ2) is 9.17. The van der Waals surface area contributed by atoms with Gasteiger partial charge in [0.1, 0.15) is 11.6 Å². The fourth-order valence-corrected chi connectivity index (χ4v) is 2.87. The molecule has 0 bridgehead atoms. The molecule has 0 saturated carbocycles. The second-order valence-electron chi connectivity index (χ2n) is 5.76. The molecule has 0 amide bonds. The molecule has 0 aliphatic carbocycles. The molecule has 130 valence electrons. The van der Waals surface area contributed by atoms with E-state index in [2.05, 4.69) is 21.9 Å². The Hall–Kier alpha value is -2.21. The van der Waals surface area contributed by atoms with E-state index in [-0.39, 0.29) is 11.8 Å². The normalized spacial score (nSPS) is 16.8. The van der Waals surface area contributed by atoms with Crippen LogP contribution in [0.4, 0.5) is 5.82 Å². The molecular weight excluding hydrogens is 306 g/mol. The van der Waals surface area contributed by atoms with Gasteiger partial charge in [-0.05, 0) is 37.3 Å². The van der Waals surface area contributed by atoms with Crippen molar-refractivity contribution in [3.05, 3.63) is 30.5 Å². The number of rotatable bonds is 8. The van der Waals surface area contributed by atoms with E-state index in [1.54, 1.807) is 32.6 Å². The lowest BCUT2D eigenvalue weighted by Gasteiger charge is -2.26. The summed E-state index contributed by atoms with van der Waals surface area (Å²) in [5.74, 6) is 1.67. The van der Waals surface area contributed by atoms with Crippen molar-refractivity contribution in [2.24, 2.45) is 10.9 Å². The Kier molecular flexibility index (Phi) is 6.93. The topological polar surface area (TPSA) is 72.8 Å². The Morgan fingerprint density at radius 3 is 2.96 bits per heavy atom. The van der Waals surface area contributed by atoms with Gasteiger partial charge in [0, 0.05) is 32.7 Å². The number of aromatic nitrogens is 1. The van der Waals surface area contributed by atoms with Gasteiger partial charge in [0.25, 0.3) is 0 Å². The molecule has 2 rings (SSSR count). The van der Waals surface area contributed by atoms with Gasteiger partial charge in [-0.25, -0.2) is 4.98 Å². The van der Waals surface area contributed by atoms with Gasteiger partial charge in [0.2, 0.25) is 0 Å². The maximum absolute atomic E-state index is 12.3. The van der Waals surface area contributed by atoms with Gasteiger partial charge in [-0.3, -0.25) is 9.79 Å². The van der Waals surface area contributed by atoms with Crippen LogP contribution in [0, 0.1) is 5.92 Å². The van der Waals surface area contributed by atoms with E-state index >= 15 is 0 Å². The van der Waals surface area contributed by atoms with E-state index in [0.717, 1.165) is 38.0 Å². The maximum Gasteiger partial charge on any atom is 0.177 e. The molecule has 1 aliphatic rings. The molecule has 0 radical (unpaired) electrons. The zero-order valence-corrected chi connectivity index (χ0v) is 14.3. The number of methoxy groups -OCH3 is 1. The summed E-state index contributed by atoms with van der Waals surface area (Å²) in [5.41, 5.74) is 0.733. The lowest BCUT2D eigenvalue weighted by molar-refractivity contribution is -0.115. The van der Waals surface area contributed by atoms with Gasteiger partial charge in [-0.2, -0.15) is 0 Å². The first-order chi connectivity index (χ1) is 11.7. The predicted molar refractivity (Wildman–Crippen MR) is 95.1 cm³/mol. The zero-order chi connectivity index (χ0) is 17.4. The minimum atomic E-state index is -0.366. The average Bonchev–Trinajstić information content (AvgIpc) is 2.62. The highest BCUT2D eigenvalue weighted by molar-refractivity contribution is 5.97. The number of ether oxygens (including phenoxy) is 2. The molecule has 1 fully saturated rings. The average molecular weight is 331 g/mol. The third kappa shape index (κ3) is 4.64. The molecule has 1 unspecified atom stereocenters. The number of pyridine rings is 1. The lowest BCUT2D eigenvalue weighted by atomic mass is 9.90. The molecule has 1 aromatic rings. The van der Waals surface area contributed by atoms with E-state index in [1.165, 1.54) is 6.08 Å². The van der Waals surface area contributed by atoms with E-state index in [1.807, 2.05) is 0 Å². The number of nitrogens with zero attached hydrogens (tertiary/aromatic N) is 2. The molecule has 1 aliphatic heterocycles. The van der Waals surface area contributed by atoms with Crippen LogP contribution in [-0.2, 0) is 9.53 Å². The van der Waals surface area contributed by atoms with Gasteiger partial charge < -0.3 is 14.8 Å². The van der Waals surface area contributed by atoms with Gasteiger partial charge >= 0.3 is 0 Å². The van der Waals surface area contributed by atoms with Crippen LogP contribution in [0.2, 0.25) is 0 Å². The van der Waals surface area contributed by atoms with Gasteiger partial charge in [0.15, 0.2) is 5.78 Å². The standard InChI is InChI=1S/C18H25N3O3/c1-4-16(22)15(11-13-6-9-24-10-7-13)21-18-14(12-19-2)17(23-3)5-8-20-18/h4-5,8,12-13,15H,1,6-7,9-11H2,2-3H3,(H,20,21)/b19-12-. The Morgan fingerprint density at radius 1 is 1.58 bits per heavy atom. The summed E-state index contributed by atoms with van der Waals surface area (Å²) in [6.45, 7) is 5.13. The molecule has 6 nitrogen and oxygen atoms in total. The summed E-state index contributed by atoms with van der Waals surface area (Å²) in [5, 5.41) is 3.26. The van der Waals surface area contributed by atoms with Crippen molar-refractivity contribution < 1.29 is 14.3 Å². The number of anilines is 1. The minimum Gasteiger partial charge on any atom is -0.496 e. The summed E-state index contributed by atoms with van der Waals surface area (Å²) in [6, 6.07) is 1.40. The van der Waals surface area contributed by atoms with Crippen LogP contribution in [0.1, 0.15) is 24.8 Å². The maximum atomic E-state index is 12.3. The van der Waals surface area contributed by atoms with Crippen LogP contribution < -0.4 is 10.1 Å². The molecule has 1 aromatic heterocycles. The van der Waals surface area contributed by atoms with E-state index in [9.17, 15) is 4.79 Å². The Bertz CT molecular complexity index is 595. The molecule has 6 heteroatoms. The highest BCUT2D eigenvalue weighted by Crippen LogP contribution is 2.26. The molecule has 2 heterocycles. The smallest absolute Gasteiger partial charge is 0.177 e. The van der Waals surface area contributed by atoms with Crippen molar-refractivity contribution >= 4 is 17.8 Å². The number of hydrogen-bond acceptors (Lipinski definition) is 6. The van der Waals surface area contributed by atoms with E-state index < -0.39 is 0 Å². The predicted octanol–water partition coefficient (Wildman–Crippen LogP) is 2.49. The quantitative estimate of drug-likeness (QED) is 0.585. The van der Waals surface area contributed by atoms with Crippen LogP contribution in [-0.4, -0.2) is 50.4 Å². The van der Waals surface area contributed by atoms with E-state index in [0.29, 0.717) is 17.5 Å². The largest absolute Gasteiger partial charge is 0.496 e. The fourth-order valence-electron chi connectivity index (χ4n) is 2.87. The van der Waals surface area contributed by atoms with Crippen molar-refractivity contribution in [2.75, 3.05) is 32.7 Å². The Morgan fingerprint density at radius 2 is 2.33 bits per heavy atom. The number of aliphatic imine (C=N–C) groups is 1. The third-order valence-electron chi connectivity index (χ3n) is 4.19. The van der Waals surface area contributed by atoms with Gasteiger partial charge in [-0.1, -0.05) is 6.58 Å². The Labute approximate surface area is 143 Å². The first-order valence-electron chi connectivity index (χ1n) is 8.15. The number of carbonyl (C=O) groups is 1. The number of nitrogens with one attached hydrogen (secondary N) is 1. The van der Waals surface area contributed by atoms with Crippen LogP contribution in [0.25, 0.3) is 0 Å². The van der Waals surface area contributed by atoms with Crippen molar-refractivity contribution in [3.8, 4) is 5.75 Å². The van der Waals surface area contributed by atoms with Crippen LogP contribution in [0.3, 0.4) is 0 Å². The second-order valence-corrected chi connectivity index (χ2v) is 5.76. The SMILES string of the molecule is C=CC(=O)C(CC1CCOCC1)Nc1nccc(OC)c1/C=N\C. The van der Waals surface area contributed by atoms with Crippen molar-refractivity contribution in [2.45, 2.75) is 25.3 Å². The number of ketones is 1. The monoisotopic (exact) mass is 331 g/mol. The van der Waals surface area contributed by atoms with Gasteiger partial charge in [0.05, 0.1) is 18.7 Å². The summed E-state index contributed by atoms with van der Waals surface area (Å²) in [6.07, 6.45) is 7.37. The van der Waals surface area contributed by atoms with Crippen molar-refractivity contribution in [3.63, 3.8) is 0 Å². The van der Waals surface area contributed by atoms with Gasteiger partial charge in [-0.15, -0.1) is 0 Å². The fraction of sp³-hybridized carbons (Fsp3) is 0.500. The zero-order valence-electron chi connectivity index (χ0n) is 14.3. The minimum absolute atomic E-state index is 0.0366. The summed E-state index contributed by atoms with van der Waals surface area (Å²) >= 11 is 0. The Balaban J connectivity index is 2.22. The van der Waals surface area contributed by atoms with Crippen LogP contribution in [0.5, 0.6) is 5.75 Å².